The lowest BCUT2D eigenvalue weighted by molar-refractivity contribution is -0.384. The second-order valence-electron chi connectivity index (χ2n) is 5.42. The molecule has 0 saturated carbocycles. The van der Waals surface area contributed by atoms with Gasteiger partial charge in [0.05, 0.1) is 21.3 Å². The summed E-state index contributed by atoms with van der Waals surface area (Å²) in [5.74, 6) is 1.18. The molecule has 0 amide bonds. The summed E-state index contributed by atoms with van der Waals surface area (Å²) in [6, 6.07) is 9.72. The highest BCUT2D eigenvalue weighted by Gasteiger charge is 2.12. The van der Waals surface area contributed by atoms with Gasteiger partial charge in [-0.1, -0.05) is 0 Å². The third kappa shape index (κ3) is 2.94. The maximum Gasteiger partial charge on any atom is 0.269 e. The van der Waals surface area contributed by atoms with E-state index in [1.807, 2.05) is 19.2 Å². The highest BCUT2D eigenvalue weighted by Crippen LogP contribution is 2.36. The molecule has 0 N–H and O–H groups in total. The van der Waals surface area contributed by atoms with Crippen molar-refractivity contribution >= 4 is 27.2 Å². The monoisotopic (exact) mass is 352 g/mol. The number of aromatic nitrogens is 3. The predicted molar refractivity (Wildman–Crippen MR) is 94.6 cm³/mol. The van der Waals surface area contributed by atoms with Gasteiger partial charge >= 0.3 is 0 Å². The molecule has 0 aliphatic rings. The minimum absolute atomic E-state index is 0.0275. The molecule has 0 atom stereocenters. The van der Waals surface area contributed by atoms with E-state index in [1.54, 1.807) is 35.3 Å². The number of nitrogens with zero attached hydrogens (tertiary/aromatic N) is 4. The van der Waals surface area contributed by atoms with Crippen LogP contribution in [0.5, 0.6) is 11.5 Å². The van der Waals surface area contributed by atoms with Crippen molar-refractivity contribution in [2.45, 2.75) is 6.92 Å². The summed E-state index contributed by atoms with van der Waals surface area (Å²) in [5.41, 5.74) is 1.92. The molecule has 4 aromatic rings. The maximum atomic E-state index is 10.7. The molecule has 1 aromatic carbocycles. The number of aryl methyl sites for hydroxylation is 1. The zero-order chi connectivity index (χ0) is 17.4. The predicted octanol–water partition coefficient (Wildman–Crippen LogP) is 4.49. The van der Waals surface area contributed by atoms with E-state index in [2.05, 4.69) is 10.1 Å². The lowest BCUT2D eigenvalue weighted by atomic mass is 10.3. The van der Waals surface area contributed by atoms with Gasteiger partial charge in [0.25, 0.3) is 5.69 Å². The van der Waals surface area contributed by atoms with Crippen molar-refractivity contribution in [2.24, 2.45) is 0 Å². The Morgan fingerprint density at radius 2 is 2.04 bits per heavy atom. The van der Waals surface area contributed by atoms with Gasteiger partial charge in [-0.3, -0.25) is 15.1 Å². The van der Waals surface area contributed by atoms with Crippen LogP contribution in [0.25, 0.3) is 15.2 Å². The maximum absolute atomic E-state index is 10.7. The Bertz CT molecular complexity index is 1070. The number of non-ortho nitro benzene ring substituents is 1. The van der Waals surface area contributed by atoms with E-state index in [-0.39, 0.29) is 5.69 Å². The average Bonchev–Trinajstić information content (AvgIpc) is 3.22. The van der Waals surface area contributed by atoms with Crippen molar-refractivity contribution in [1.29, 1.82) is 0 Å². The van der Waals surface area contributed by atoms with Crippen LogP contribution in [-0.4, -0.2) is 19.7 Å². The molecule has 0 unspecified atom stereocenters. The SMILES string of the molecule is Cc1cnn(-c2cc3nccc(Oc4ccc([N+](=O)[O-])cc4)c3s2)c1. The van der Waals surface area contributed by atoms with Crippen molar-refractivity contribution in [2.75, 3.05) is 0 Å². The molecule has 0 fully saturated rings. The van der Waals surface area contributed by atoms with Crippen LogP contribution in [0.2, 0.25) is 0 Å². The summed E-state index contributed by atoms with van der Waals surface area (Å²) in [6.45, 7) is 1.98. The number of ether oxygens (including phenoxy) is 1. The summed E-state index contributed by atoms with van der Waals surface area (Å²) in [6.07, 6.45) is 5.42. The first-order valence-electron chi connectivity index (χ1n) is 7.43. The van der Waals surface area contributed by atoms with Crippen molar-refractivity contribution in [3.63, 3.8) is 0 Å². The number of pyridine rings is 1. The van der Waals surface area contributed by atoms with Crippen molar-refractivity contribution in [3.8, 4) is 16.5 Å². The quantitative estimate of drug-likeness (QED) is 0.399. The van der Waals surface area contributed by atoms with E-state index in [0.717, 1.165) is 20.8 Å². The molecule has 3 heterocycles. The Kier molecular flexibility index (Phi) is 3.66. The van der Waals surface area contributed by atoms with Gasteiger partial charge in [-0.2, -0.15) is 5.10 Å². The standard InChI is InChI=1S/C17H12N4O3S/c1-11-9-19-20(10-11)16-8-14-17(25-16)15(6-7-18-14)24-13-4-2-12(3-5-13)21(22)23/h2-10H,1H3. The number of benzene rings is 1. The first-order valence-corrected chi connectivity index (χ1v) is 8.24. The average molecular weight is 352 g/mol. The molecule has 0 aliphatic carbocycles. The Hall–Kier alpha value is -3.26. The Morgan fingerprint density at radius 1 is 1.24 bits per heavy atom. The highest BCUT2D eigenvalue weighted by molar-refractivity contribution is 7.21. The summed E-state index contributed by atoms with van der Waals surface area (Å²) in [4.78, 5) is 14.7. The van der Waals surface area contributed by atoms with Gasteiger partial charge in [0.1, 0.15) is 16.5 Å². The van der Waals surface area contributed by atoms with E-state index in [4.69, 9.17) is 4.74 Å². The third-order valence-electron chi connectivity index (χ3n) is 3.58. The second kappa shape index (κ2) is 5.99. The number of hydrogen-bond acceptors (Lipinski definition) is 6. The fourth-order valence-corrected chi connectivity index (χ4v) is 3.39. The molecule has 25 heavy (non-hydrogen) atoms. The highest BCUT2D eigenvalue weighted by atomic mass is 32.1. The van der Waals surface area contributed by atoms with Gasteiger partial charge in [0.2, 0.25) is 0 Å². The van der Waals surface area contributed by atoms with E-state index in [0.29, 0.717) is 11.5 Å². The van der Waals surface area contributed by atoms with Crippen molar-refractivity contribution in [3.05, 3.63) is 70.7 Å². The first-order chi connectivity index (χ1) is 12.1. The fourth-order valence-electron chi connectivity index (χ4n) is 2.39. The molecular formula is C17H12N4O3S. The van der Waals surface area contributed by atoms with Crippen LogP contribution >= 0.6 is 11.3 Å². The van der Waals surface area contributed by atoms with Crippen LogP contribution in [-0.2, 0) is 0 Å². The Morgan fingerprint density at radius 3 is 2.72 bits per heavy atom. The minimum atomic E-state index is -0.438. The molecule has 0 radical (unpaired) electrons. The van der Waals surface area contributed by atoms with E-state index < -0.39 is 4.92 Å². The minimum Gasteiger partial charge on any atom is -0.456 e. The van der Waals surface area contributed by atoms with E-state index >= 15 is 0 Å². The molecule has 7 nitrogen and oxygen atoms in total. The van der Waals surface area contributed by atoms with Crippen LogP contribution in [0.4, 0.5) is 5.69 Å². The Labute approximate surface area is 146 Å². The van der Waals surface area contributed by atoms with Gasteiger partial charge in [0, 0.05) is 36.7 Å². The molecule has 0 bridgehead atoms. The number of nitro groups is 1. The zero-order valence-corrected chi connectivity index (χ0v) is 13.9. The van der Waals surface area contributed by atoms with Gasteiger partial charge < -0.3 is 4.74 Å². The van der Waals surface area contributed by atoms with Crippen LogP contribution in [0, 0.1) is 17.0 Å². The molecule has 0 spiro atoms. The number of hydrogen-bond donors (Lipinski definition) is 0. The van der Waals surface area contributed by atoms with Crippen molar-refractivity contribution < 1.29 is 9.66 Å². The number of fused-ring (bicyclic) bond motifs is 1. The fraction of sp³-hybridized carbons (Fsp3) is 0.0588. The largest absolute Gasteiger partial charge is 0.456 e. The van der Waals surface area contributed by atoms with Crippen LogP contribution in [0.15, 0.2) is 55.0 Å². The van der Waals surface area contributed by atoms with Gasteiger partial charge in [0.15, 0.2) is 0 Å². The smallest absolute Gasteiger partial charge is 0.269 e. The first kappa shape index (κ1) is 15.3. The number of rotatable bonds is 4. The van der Waals surface area contributed by atoms with Gasteiger partial charge in [-0.15, -0.1) is 11.3 Å². The van der Waals surface area contributed by atoms with Crippen molar-refractivity contribution in [1.82, 2.24) is 14.8 Å². The number of nitro benzene ring substituents is 1. The summed E-state index contributed by atoms with van der Waals surface area (Å²) >= 11 is 1.52. The molecule has 0 aliphatic heterocycles. The molecular weight excluding hydrogens is 340 g/mol. The molecule has 4 rings (SSSR count). The van der Waals surface area contributed by atoms with E-state index in [1.165, 1.54) is 23.5 Å². The zero-order valence-electron chi connectivity index (χ0n) is 13.1. The molecule has 3 aromatic heterocycles. The number of thiophene rings is 1. The topological polar surface area (TPSA) is 83.1 Å². The summed E-state index contributed by atoms with van der Waals surface area (Å²) in [7, 11) is 0. The molecule has 8 heteroatoms. The molecule has 0 saturated heterocycles. The summed E-state index contributed by atoms with van der Waals surface area (Å²) < 4.78 is 8.59. The van der Waals surface area contributed by atoms with E-state index in [9.17, 15) is 10.1 Å². The summed E-state index contributed by atoms with van der Waals surface area (Å²) in [5, 5.41) is 16.0. The van der Waals surface area contributed by atoms with Gasteiger partial charge in [-0.25, -0.2) is 4.68 Å². The molecule has 124 valence electrons. The Balaban J connectivity index is 1.69. The lowest BCUT2D eigenvalue weighted by Crippen LogP contribution is -1.88. The normalized spacial score (nSPS) is 10.9. The van der Waals surface area contributed by atoms with Crippen LogP contribution < -0.4 is 4.74 Å². The third-order valence-corrected chi connectivity index (χ3v) is 4.70. The van der Waals surface area contributed by atoms with Crippen LogP contribution in [0.1, 0.15) is 5.56 Å². The lowest BCUT2D eigenvalue weighted by Gasteiger charge is -2.05. The van der Waals surface area contributed by atoms with Gasteiger partial charge in [-0.05, 0) is 24.6 Å². The second-order valence-corrected chi connectivity index (χ2v) is 6.45. The van der Waals surface area contributed by atoms with Crippen LogP contribution in [0.3, 0.4) is 0 Å².